The quantitative estimate of drug-likeness (QED) is 0.727. The van der Waals surface area contributed by atoms with Crippen molar-refractivity contribution < 1.29 is 9.53 Å². The van der Waals surface area contributed by atoms with Crippen molar-refractivity contribution in [3.8, 4) is 5.75 Å². The van der Waals surface area contributed by atoms with Gasteiger partial charge >= 0.3 is 0 Å². The van der Waals surface area contributed by atoms with Crippen LogP contribution in [0.25, 0.3) is 0 Å². The molecule has 1 atom stereocenters. The molecule has 1 aromatic rings. The largest absolute Gasteiger partial charge is 0.492 e. The van der Waals surface area contributed by atoms with Crippen LogP contribution in [-0.2, 0) is 11.3 Å². The number of hydrogen-bond donors (Lipinski definition) is 2. The predicted molar refractivity (Wildman–Crippen MR) is 97.2 cm³/mol. The molecule has 0 aliphatic carbocycles. The molecule has 0 saturated carbocycles. The first-order valence-corrected chi connectivity index (χ1v) is 9.18. The van der Waals surface area contributed by atoms with Gasteiger partial charge in [0, 0.05) is 13.1 Å². The number of amides is 1. The lowest BCUT2D eigenvalue weighted by molar-refractivity contribution is -0.123. The third kappa shape index (κ3) is 6.13. The van der Waals surface area contributed by atoms with Gasteiger partial charge in [-0.2, -0.15) is 0 Å². The van der Waals surface area contributed by atoms with Crippen LogP contribution in [0.2, 0.25) is 0 Å². The molecule has 1 saturated heterocycles. The zero-order valence-corrected chi connectivity index (χ0v) is 15.0. The van der Waals surface area contributed by atoms with Gasteiger partial charge in [0.05, 0.1) is 6.04 Å². The summed E-state index contributed by atoms with van der Waals surface area (Å²) in [5.41, 5.74) is 1.09. The zero-order valence-electron chi connectivity index (χ0n) is 15.0. The van der Waals surface area contributed by atoms with Crippen LogP contribution in [0.15, 0.2) is 24.3 Å². The number of carbonyl (C=O) groups excluding carboxylic acids is 1. The highest BCUT2D eigenvalue weighted by Gasteiger charge is 2.19. The van der Waals surface area contributed by atoms with Crippen molar-refractivity contribution >= 4 is 5.91 Å². The van der Waals surface area contributed by atoms with Crippen LogP contribution in [0.3, 0.4) is 0 Å². The normalized spacial score (nSPS) is 17.7. The summed E-state index contributed by atoms with van der Waals surface area (Å²) < 4.78 is 5.78. The van der Waals surface area contributed by atoms with Gasteiger partial charge in [0.2, 0.25) is 5.91 Å². The van der Waals surface area contributed by atoms with Gasteiger partial charge < -0.3 is 20.3 Å². The second-order valence-electron chi connectivity index (χ2n) is 6.24. The van der Waals surface area contributed by atoms with Crippen LogP contribution in [-0.4, -0.2) is 49.6 Å². The molecule has 0 radical (unpaired) electrons. The average molecular weight is 333 g/mol. The lowest BCUT2D eigenvalue weighted by Gasteiger charge is -2.22. The van der Waals surface area contributed by atoms with Gasteiger partial charge in [-0.25, -0.2) is 0 Å². The first-order valence-electron chi connectivity index (χ1n) is 9.18. The molecule has 134 valence electrons. The number of benzene rings is 1. The van der Waals surface area contributed by atoms with Crippen LogP contribution in [0.4, 0.5) is 0 Å². The number of piperidine rings is 1. The Balaban J connectivity index is 1.70. The van der Waals surface area contributed by atoms with E-state index in [0.717, 1.165) is 50.3 Å². The van der Waals surface area contributed by atoms with Crippen molar-refractivity contribution in [2.45, 2.75) is 45.7 Å². The molecule has 1 fully saturated rings. The molecule has 0 bridgehead atoms. The first-order chi connectivity index (χ1) is 11.7. The second-order valence-corrected chi connectivity index (χ2v) is 6.24. The summed E-state index contributed by atoms with van der Waals surface area (Å²) >= 11 is 0. The van der Waals surface area contributed by atoms with Gasteiger partial charge in [0.1, 0.15) is 12.4 Å². The number of rotatable bonds is 9. The Bertz CT molecular complexity index is 480. The first kappa shape index (κ1) is 18.7. The smallest absolute Gasteiger partial charge is 0.237 e. The van der Waals surface area contributed by atoms with Crippen LogP contribution < -0.4 is 15.4 Å². The minimum Gasteiger partial charge on any atom is -0.492 e. The van der Waals surface area contributed by atoms with E-state index in [1.54, 1.807) is 0 Å². The van der Waals surface area contributed by atoms with Crippen molar-refractivity contribution in [2.75, 3.05) is 32.8 Å². The minimum atomic E-state index is -0.0265. The number of nitrogens with one attached hydrogen (secondary N) is 2. The molecule has 1 amide bonds. The Morgan fingerprint density at radius 1 is 1.25 bits per heavy atom. The van der Waals surface area contributed by atoms with E-state index in [-0.39, 0.29) is 11.9 Å². The monoisotopic (exact) mass is 333 g/mol. The maximum atomic E-state index is 12.1. The summed E-state index contributed by atoms with van der Waals surface area (Å²) in [6, 6.07) is 7.95. The van der Waals surface area contributed by atoms with Gasteiger partial charge in [0.15, 0.2) is 0 Å². The molecular weight excluding hydrogens is 302 g/mol. The third-order valence-electron chi connectivity index (χ3n) is 4.59. The molecule has 1 aliphatic rings. The molecule has 2 rings (SSSR count). The molecule has 5 nitrogen and oxygen atoms in total. The second kappa shape index (κ2) is 10.3. The Labute approximate surface area is 145 Å². The van der Waals surface area contributed by atoms with Crippen LogP contribution in [0.1, 0.15) is 38.7 Å². The summed E-state index contributed by atoms with van der Waals surface area (Å²) in [4.78, 5) is 14.4. The van der Waals surface area contributed by atoms with Gasteiger partial charge in [-0.05, 0) is 50.2 Å². The number of likely N-dealkylation sites (N-methyl/N-ethyl adjacent to an activating group) is 1. The molecule has 5 heteroatoms. The van der Waals surface area contributed by atoms with Gasteiger partial charge in [-0.3, -0.25) is 4.79 Å². The molecule has 0 spiro atoms. The van der Waals surface area contributed by atoms with Crippen molar-refractivity contribution in [3.05, 3.63) is 29.8 Å². The lowest BCUT2D eigenvalue weighted by atomic mass is 10.0. The number of nitrogens with zero attached hydrogens (tertiary/aromatic N) is 1. The Morgan fingerprint density at radius 2 is 2.00 bits per heavy atom. The van der Waals surface area contributed by atoms with E-state index in [4.69, 9.17) is 4.74 Å². The molecule has 1 aromatic carbocycles. The highest BCUT2D eigenvalue weighted by atomic mass is 16.5. The standard InChI is InChI=1S/C19H31N3O2/c1-3-22(4-2)13-14-24-17-10-8-16(9-11-17)15-21-19(23)18-7-5-6-12-20-18/h8-11,18,20H,3-7,12-15H2,1-2H3,(H,21,23)/t18-/m1/s1. The van der Waals surface area contributed by atoms with Gasteiger partial charge in [-0.15, -0.1) is 0 Å². The van der Waals surface area contributed by atoms with Crippen molar-refractivity contribution in [3.63, 3.8) is 0 Å². The van der Waals surface area contributed by atoms with E-state index >= 15 is 0 Å². The Kier molecular flexibility index (Phi) is 8.05. The maximum absolute atomic E-state index is 12.1. The Morgan fingerprint density at radius 3 is 2.62 bits per heavy atom. The highest BCUT2D eigenvalue weighted by molar-refractivity contribution is 5.81. The fraction of sp³-hybridized carbons (Fsp3) is 0.632. The van der Waals surface area contributed by atoms with Crippen LogP contribution >= 0.6 is 0 Å². The van der Waals surface area contributed by atoms with Crippen molar-refractivity contribution in [1.82, 2.24) is 15.5 Å². The van der Waals surface area contributed by atoms with E-state index < -0.39 is 0 Å². The fourth-order valence-electron chi connectivity index (χ4n) is 2.92. The summed E-state index contributed by atoms with van der Waals surface area (Å²) in [5, 5.41) is 6.28. The SMILES string of the molecule is CCN(CC)CCOc1ccc(CNC(=O)[C@H]2CCCCN2)cc1. The molecular formula is C19H31N3O2. The lowest BCUT2D eigenvalue weighted by Crippen LogP contribution is -2.46. The third-order valence-corrected chi connectivity index (χ3v) is 4.59. The molecule has 0 unspecified atom stereocenters. The predicted octanol–water partition coefficient (Wildman–Crippen LogP) is 2.17. The van der Waals surface area contributed by atoms with E-state index in [0.29, 0.717) is 13.2 Å². The van der Waals surface area contributed by atoms with Gasteiger partial charge in [0.25, 0.3) is 0 Å². The number of ether oxygens (including phenoxy) is 1. The Hall–Kier alpha value is -1.59. The summed E-state index contributed by atoms with van der Waals surface area (Å²) in [6.07, 6.45) is 3.23. The maximum Gasteiger partial charge on any atom is 0.237 e. The van der Waals surface area contributed by atoms with Gasteiger partial charge in [-0.1, -0.05) is 32.4 Å². The van der Waals surface area contributed by atoms with Crippen molar-refractivity contribution in [2.24, 2.45) is 0 Å². The van der Waals surface area contributed by atoms with Crippen LogP contribution in [0, 0.1) is 0 Å². The van der Waals surface area contributed by atoms with E-state index in [2.05, 4.69) is 29.4 Å². The highest BCUT2D eigenvalue weighted by Crippen LogP contribution is 2.12. The summed E-state index contributed by atoms with van der Waals surface area (Å²) in [5.74, 6) is 0.987. The van der Waals surface area contributed by atoms with E-state index in [1.807, 2.05) is 24.3 Å². The van der Waals surface area contributed by atoms with Crippen LogP contribution in [0.5, 0.6) is 5.75 Å². The molecule has 1 aliphatic heterocycles. The van der Waals surface area contributed by atoms with E-state index in [9.17, 15) is 4.79 Å². The number of hydrogen-bond acceptors (Lipinski definition) is 4. The van der Waals surface area contributed by atoms with E-state index in [1.165, 1.54) is 6.42 Å². The molecule has 1 heterocycles. The zero-order chi connectivity index (χ0) is 17.2. The minimum absolute atomic E-state index is 0.0265. The molecule has 24 heavy (non-hydrogen) atoms. The molecule has 2 N–H and O–H groups in total. The fourth-order valence-corrected chi connectivity index (χ4v) is 2.92. The summed E-state index contributed by atoms with van der Waals surface area (Å²) in [7, 11) is 0. The number of carbonyl (C=O) groups is 1. The summed E-state index contributed by atoms with van der Waals surface area (Å²) in [6.45, 7) is 9.58. The average Bonchev–Trinajstić information content (AvgIpc) is 2.65. The topological polar surface area (TPSA) is 53.6 Å². The molecule has 0 aromatic heterocycles. The van der Waals surface area contributed by atoms with Crippen molar-refractivity contribution in [1.29, 1.82) is 0 Å².